The molecule has 0 heterocycles. The lowest BCUT2D eigenvalue weighted by molar-refractivity contribution is 0.0527. The van der Waals surface area contributed by atoms with Gasteiger partial charge in [-0.15, -0.1) is 0 Å². The van der Waals surface area contributed by atoms with E-state index in [2.05, 4.69) is 5.32 Å². The molecular weight excluding hydrogens is 250 g/mol. The Morgan fingerprint density at radius 2 is 1.90 bits per heavy atom. The van der Waals surface area contributed by atoms with Crippen LogP contribution in [0.3, 0.4) is 0 Å². The SMILES string of the molecule is CCOC(=O)c1ccc(NC)cc1-c1ccccc1C. The Balaban J connectivity index is 2.59. The summed E-state index contributed by atoms with van der Waals surface area (Å²) in [5.41, 5.74) is 4.64. The molecule has 3 nitrogen and oxygen atoms in total. The summed E-state index contributed by atoms with van der Waals surface area (Å²) in [6.45, 7) is 4.23. The van der Waals surface area contributed by atoms with Gasteiger partial charge >= 0.3 is 5.97 Å². The van der Waals surface area contributed by atoms with Gasteiger partial charge in [0.1, 0.15) is 0 Å². The van der Waals surface area contributed by atoms with Gasteiger partial charge in [-0.3, -0.25) is 0 Å². The van der Waals surface area contributed by atoms with E-state index in [1.807, 2.05) is 63.4 Å². The van der Waals surface area contributed by atoms with Crippen LogP contribution in [0.5, 0.6) is 0 Å². The van der Waals surface area contributed by atoms with Crippen LogP contribution in [0.2, 0.25) is 0 Å². The highest BCUT2D eigenvalue weighted by atomic mass is 16.5. The van der Waals surface area contributed by atoms with Gasteiger partial charge in [-0.05, 0) is 48.7 Å². The Bertz CT molecular complexity index is 620. The lowest BCUT2D eigenvalue weighted by Crippen LogP contribution is -2.07. The van der Waals surface area contributed by atoms with Gasteiger partial charge in [0.05, 0.1) is 12.2 Å². The molecule has 0 amide bonds. The summed E-state index contributed by atoms with van der Waals surface area (Å²) in [6, 6.07) is 13.7. The minimum Gasteiger partial charge on any atom is -0.462 e. The van der Waals surface area contributed by atoms with Gasteiger partial charge in [0.15, 0.2) is 0 Å². The Hall–Kier alpha value is -2.29. The second-order valence-electron chi connectivity index (χ2n) is 4.55. The van der Waals surface area contributed by atoms with Crippen LogP contribution >= 0.6 is 0 Å². The number of hydrogen-bond acceptors (Lipinski definition) is 3. The van der Waals surface area contributed by atoms with Gasteiger partial charge in [0.2, 0.25) is 0 Å². The summed E-state index contributed by atoms with van der Waals surface area (Å²) in [5, 5.41) is 3.10. The lowest BCUT2D eigenvalue weighted by atomic mass is 9.95. The molecule has 2 aromatic carbocycles. The highest BCUT2D eigenvalue weighted by molar-refractivity contribution is 5.98. The number of hydrogen-bond donors (Lipinski definition) is 1. The summed E-state index contributed by atoms with van der Waals surface area (Å²) in [4.78, 5) is 12.1. The van der Waals surface area contributed by atoms with E-state index in [9.17, 15) is 4.79 Å². The van der Waals surface area contributed by atoms with Crippen molar-refractivity contribution in [3.63, 3.8) is 0 Å². The summed E-state index contributed by atoms with van der Waals surface area (Å²) in [7, 11) is 1.86. The standard InChI is InChI=1S/C17H19NO2/c1-4-20-17(19)15-10-9-13(18-3)11-16(15)14-8-6-5-7-12(14)2/h5-11,18H,4H2,1-3H3. The molecule has 20 heavy (non-hydrogen) atoms. The van der Waals surface area contributed by atoms with Crippen molar-refractivity contribution in [1.29, 1.82) is 0 Å². The molecule has 0 fully saturated rings. The first-order valence-corrected chi connectivity index (χ1v) is 6.72. The molecule has 0 unspecified atom stereocenters. The third-order valence-corrected chi connectivity index (χ3v) is 3.24. The van der Waals surface area contributed by atoms with Gasteiger partial charge in [0, 0.05) is 12.7 Å². The van der Waals surface area contributed by atoms with Crippen molar-refractivity contribution in [2.45, 2.75) is 13.8 Å². The molecule has 0 saturated heterocycles. The maximum absolute atomic E-state index is 12.1. The number of ether oxygens (including phenoxy) is 1. The van der Waals surface area contributed by atoms with Gasteiger partial charge in [-0.1, -0.05) is 24.3 Å². The molecule has 1 N–H and O–H groups in total. The zero-order chi connectivity index (χ0) is 14.5. The van der Waals surface area contributed by atoms with Crippen molar-refractivity contribution >= 4 is 11.7 Å². The van der Waals surface area contributed by atoms with Gasteiger partial charge in [0.25, 0.3) is 0 Å². The number of carbonyl (C=O) groups excluding carboxylic acids is 1. The molecule has 104 valence electrons. The van der Waals surface area contributed by atoms with Crippen LogP contribution < -0.4 is 5.32 Å². The Kier molecular flexibility index (Phi) is 4.41. The molecular formula is C17H19NO2. The van der Waals surface area contributed by atoms with Crippen molar-refractivity contribution in [3.05, 3.63) is 53.6 Å². The molecule has 2 rings (SSSR count). The van der Waals surface area contributed by atoms with Crippen molar-refractivity contribution in [2.24, 2.45) is 0 Å². The van der Waals surface area contributed by atoms with Gasteiger partial charge in [-0.2, -0.15) is 0 Å². The largest absolute Gasteiger partial charge is 0.462 e. The summed E-state index contributed by atoms with van der Waals surface area (Å²) in [6.07, 6.45) is 0. The number of carbonyl (C=O) groups is 1. The molecule has 0 atom stereocenters. The number of benzene rings is 2. The third kappa shape index (κ3) is 2.82. The van der Waals surface area contributed by atoms with Crippen LogP contribution in [0.1, 0.15) is 22.8 Å². The van der Waals surface area contributed by atoms with Crippen LogP contribution in [0.15, 0.2) is 42.5 Å². The van der Waals surface area contributed by atoms with E-state index < -0.39 is 0 Å². The fourth-order valence-corrected chi connectivity index (χ4v) is 2.18. The third-order valence-electron chi connectivity index (χ3n) is 3.24. The van der Waals surface area contributed by atoms with Crippen LogP contribution in [0.25, 0.3) is 11.1 Å². The van der Waals surface area contributed by atoms with E-state index in [1.54, 1.807) is 0 Å². The van der Waals surface area contributed by atoms with Crippen LogP contribution in [0.4, 0.5) is 5.69 Å². The van der Waals surface area contributed by atoms with Crippen molar-refractivity contribution < 1.29 is 9.53 Å². The first kappa shape index (κ1) is 14.1. The second kappa shape index (κ2) is 6.24. The predicted molar refractivity (Wildman–Crippen MR) is 82.1 cm³/mol. The molecule has 0 aliphatic heterocycles. The molecule has 0 aromatic heterocycles. The lowest BCUT2D eigenvalue weighted by Gasteiger charge is -2.13. The molecule has 0 radical (unpaired) electrons. The molecule has 2 aromatic rings. The number of rotatable bonds is 4. The number of esters is 1. The number of aryl methyl sites for hydroxylation is 1. The second-order valence-corrected chi connectivity index (χ2v) is 4.55. The maximum atomic E-state index is 12.1. The minimum atomic E-state index is -0.284. The van der Waals surface area contributed by atoms with Crippen LogP contribution in [-0.2, 0) is 4.74 Å². The first-order valence-electron chi connectivity index (χ1n) is 6.72. The van der Waals surface area contributed by atoms with E-state index in [-0.39, 0.29) is 5.97 Å². The minimum absolute atomic E-state index is 0.284. The van der Waals surface area contributed by atoms with E-state index in [0.29, 0.717) is 12.2 Å². The van der Waals surface area contributed by atoms with Crippen LogP contribution in [-0.4, -0.2) is 19.6 Å². The molecule has 0 spiro atoms. The molecule has 0 aliphatic rings. The monoisotopic (exact) mass is 269 g/mol. The Morgan fingerprint density at radius 3 is 2.55 bits per heavy atom. The average Bonchev–Trinajstić information content (AvgIpc) is 2.47. The van der Waals surface area contributed by atoms with Crippen molar-refractivity contribution in [3.8, 4) is 11.1 Å². The normalized spacial score (nSPS) is 10.2. The molecule has 0 saturated carbocycles. The maximum Gasteiger partial charge on any atom is 0.338 e. The molecule has 0 aliphatic carbocycles. The highest BCUT2D eigenvalue weighted by Crippen LogP contribution is 2.30. The Morgan fingerprint density at radius 1 is 1.15 bits per heavy atom. The fraction of sp³-hybridized carbons (Fsp3) is 0.235. The van der Waals surface area contributed by atoms with E-state index >= 15 is 0 Å². The summed E-state index contributed by atoms with van der Waals surface area (Å²) in [5.74, 6) is -0.284. The Labute approximate surface area is 119 Å². The zero-order valence-electron chi connectivity index (χ0n) is 12.1. The van der Waals surface area contributed by atoms with Gasteiger partial charge in [-0.25, -0.2) is 4.79 Å². The highest BCUT2D eigenvalue weighted by Gasteiger charge is 2.15. The quantitative estimate of drug-likeness (QED) is 0.856. The van der Waals surface area contributed by atoms with Crippen LogP contribution in [0, 0.1) is 6.92 Å². The van der Waals surface area contributed by atoms with E-state index in [4.69, 9.17) is 4.74 Å². The number of nitrogens with one attached hydrogen (secondary N) is 1. The van der Waals surface area contributed by atoms with Gasteiger partial charge < -0.3 is 10.1 Å². The van der Waals surface area contributed by atoms with E-state index in [0.717, 1.165) is 22.4 Å². The molecule has 0 bridgehead atoms. The van der Waals surface area contributed by atoms with E-state index in [1.165, 1.54) is 0 Å². The molecule has 3 heteroatoms. The van der Waals surface area contributed by atoms with Crippen molar-refractivity contribution in [1.82, 2.24) is 0 Å². The fourth-order valence-electron chi connectivity index (χ4n) is 2.18. The number of anilines is 1. The first-order chi connectivity index (χ1) is 9.67. The summed E-state index contributed by atoms with van der Waals surface area (Å²) < 4.78 is 5.14. The predicted octanol–water partition coefficient (Wildman–Crippen LogP) is 3.88. The zero-order valence-corrected chi connectivity index (χ0v) is 12.1. The topological polar surface area (TPSA) is 38.3 Å². The van der Waals surface area contributed by atoms with Crippen molar-refractivity contribution in [2.75, 3.05) is 19.0 Å². The average molecular weight is 269 g/mol. The summed E-state index contributed by atoms with van der Waals surface area (Å²) >= 11 is 0. The smallest absolute Gasteiger partial charge is 0.338 e.